The highest BCUT2D eigenvalue weighted by atomic mass is 35.5. The van der Waals surface area contributed by atoms with Gasteiger partial charge in [-0.15, -0.1) is 5.10 Å². The Labute approximate surface area is 150 Å². The molecule has 130 valence electrons. The molecule has 1 unspecified atom stereocenters. The highest BCUT2D eigenvalue weighted by Crippen LogP contribution is 2.14. The van der Waals surface area contributed by atoms with Crippen LogP contribution in [-0.2, 0) is 6.42 Å². The maximum atomic E-state index is 12.5. The van der Waals surface area contributed by atoms with Crippen LogP contribution >= 0.6 is 11.6 Å². The zero-order valence-corrected chi connectivity index (χ0v) is 14.8. The monoisotopic (exact) mass is 358 g/mol. The van der Waals surface area contributed by atoms with Crippen LogP contribution < -0.4 is 5.32 Å². The van der Waals surface area contributed by atoms with Crippen molar-refractivity contribution < 1.29 is 9.21 Å². The van der Waals surface area contributed by atoms with Crippen LogP contribution in [-0.4, -0.2) is 26.9 Å². The third kappa shape index (κ3) is 4.28. The lowest BCUT2D eigenvalue weighted by atomic mass is 10.1. The van der Waals surface area contributed by atoms with Crippen LogP contribution in [0.25, 0.3) is 5.69 Å². The number of benzene rings is 1. The molecule has 3 rings (SSSR count). The van der Waals surface area contributed by atoms with Gasteiger partial charge in [0.25, 0.3) is 5.91 Å². The summed E-state index contributed by atoms with van der Waals surface area (Å²) < 4.78 is 5.31. The van der Waals surface area contributed by atoms with Crippen molar-refractivity contribution in [1.82, 2.24) is 20.3 Å². The Balaban J connectivity index is 1.65. The average Bonchev–Trinajstić information content (AvgIpc) is 3.22. The molecule has 2 aromatic heterocycles. The first kappa shape index (κ1) is 17.2. The molecule has 0 bridgehead atoms. The third-order valence-corrected chi connectivity index (χ3v) is 4.05. The fraction of sp³-hybridized carbons (Fsp3) is 0.278. The maximum absolute atomic E-state index is 12.5. The SMILES string of the molecule is Cc1nn(-c2cccc(Cl)c2)nc1C(=O)NC(C)CCc1ccco1. The smallest absolute Gasteiger partial charge is 0.273 e. The second kappa shape index (κ2) is 7.53. The Kier molecular flexibility index (Phi) is 5.19. The van der Waals surface area contributed by atoms with Gasteiger partial charge in [0.05, 0.1) is 17.6 Å². The summed E-state index contributed by atoms with van der Waals surface area (Å²) in [6, 6.07) is 10.9. The predicted octanol–water partition coefficient (Wildman–Crippen LogP) is 3.57. The summed E-state index contributed by atoms with van der Waals surface area (Å²) in [5.41, 5.74) is 1.58. The summed E-state index contributed by atoms with van der Waals surface area (Å²) in [5, 5.41) is 12.1. The van der Waals surface area contributed by atoms with Crippen LogP contribution in [0.2, 0.25) is 5.02 Å². The van der Waals surface area contributed by atoms with E-state index in [1.165, 1.54) is 4.80 Å². The molecule has 25 heavy (non-hydrogen) atoms. The van der Waals surface area contributed by atoms with Crippen LogP contribution in [0.5, 0.6) is 0 Å². The van der Waals surface area contributed by atoms with Gasteiger partial charge in [0.1, 0.15) is 5.76 Å². The lowest BCUT2D eigenvalue weighted by molar-refractivity contribution is 0.0932. The molecule has 6 nitrogen and oxygen atoms in total. The number of amides is 1. The van der Waals surface area contributed by atoms with Gasteiger partial charge in [-0.1, -0.05) is 17.7 Å². The Morgan fingerprint density at radius 2 is 2.16 bits per heavy atom. The maximum Gasteiger partial charge on any atom is 0.273 e. The summed E-state index contributed by atoms with van der Waals surface area (Å²) in [6.07, 6.45) is 3.19. The number of rotatable bonds is 6. The third-order valence-electron chi connectivity index (χ3n) is 3.82. The van der Waals surface area contributed by atoms with E-state index in [1.54, 1.807) is 25.3 Å². The molecule has 7 heteroatoms. The molecular formula is C18H19ClN4O2. The minimum Gasteiger partial charge on any atom is -0.469 e. The molecular weight excluding hydrogens is 340 g/mol. The topological polar surface area (TPSA) is 73.0 Å². The number of aryl methyl sites for hydroxylation is 2. The van der Waals surface area contributed by atoms with E-state index in [1.807, 2.05) is 31.2 Å². The number of furan rings is 1. The number of hydrogen-bond acceptors (Lipinski definition) is 4. The van der Waals surface area contributed by atoms with Gasteiger partial charge in [0, 0.05) is 17.5 Å². The highest BCUT2D eigenvalue weighted by molar-refractivity contribution is 6.30. The molecule has 0 saturated carbocycles. The zero-order chi connectivity index (χ0) is 17.8. The molecule has 0 aliphatic rings. The van der Waals surface area contributed by atoms with E-state index in [2.05, 4.69) is 15.5 Å². The molecule has 0 spiro atoms. The van der Waals surface area contributed by atoms with E-state index >= 15 is 0 Å². The van der Waals surface area contributed by atoms with Crippen LogP contribution in [0.3, 0.4) is 0 Å². The molecule has 0 saturated heterocycles. The van der Waals surface area contributed by atoms with Gasteiger partial charge in [0.15, 0.2) is 5.69 Å². The fourth-order valence-corrected chi connectivity index (χ4v) is 2.67. The largest absolute Gasteiger partial charge is 0.469 e. The van der Waals surface area contributed by atoms with E-state index in [0.717, 1.165) is 18.6 Å². The lowest BCUT2D eigenvalue weighted by Gasteiger charge is -2.12. The molecule has 0 aliphatic heterocycles. The second-order valence-corrected chi connectivity index (χ2v) is 6.33. The highest BCUT2D eigenvalue weighted by Gasteiger charge is 2.18. The summed E-state index contributed by atoms with van der Waals surface area (Å²) >= 11 is 5.99. The van der Waals surface area contributed by atoms with Crippen LogP contribution in [0.4, 0.5) is 0 Å². The zero-order valence-electron chi connectivity index (χ0n) is 14.1. The minimum atomic E-state index is -0.238. The Bertz CT molecular complexity index is 858. The fourth-order valence-electron chi connectivity index (χ4n) is 2.48. The van der Waals surface area contributed by atoms with Crippen molar-refractivity contribution in [3.05, 3.63) is 64.8 Å². The van der Waals surface area contributed by atoms with Gasteiger partial charge in [-0.05, 0) is 50.6 Å². The molecule has 1 amide bonds. The Morgan fingerprint density at radius 1 is 1.32 bits per heavy atom. The second-order valence-electron chi connectivity index (χ2n) is 5.90. The number of aromatic nitrogens is 3. The van der Waals surface area contributed by atoms with E-state index < -0.39 is 0 Å². The quantitative estimate of drug-likeness (QED) is 0.731. The van der Waals surface area contributed by atoms with Crippen molar-refractivity contribution >= 4 is 17.5 Å². The van der Waals surface area contributed by atoms with Crippen molar-refractivity contribution in [3.63, 3.8) is 0 Å². The van der Waals surface area contributed by atoms with Crippen molar-refractivity contribution in [2.75, 3.05) is 0 Å². The van der Waals surface area contributed by atoms with Gasteiger partial charge in [0.2, 0.25) is 0 Å². The Hall–Kier alpha value is -2.60. The van der Waals surface area contributed by atoms with E-state index in [9.17, 15) is 4.79 Å². The average molecular weight is 359 g/mol. The Morgan fingerprint density at radius 3 is 2.88 bits per heavy atom. The van der Waals surface area contributed by atoms with Crippen molar-refractivity contribution in [2.24, 2.45) is 0 Å². The van der Waals surface area contributed by atoms with E-state index in [4.69, 9.17) is 16.0 Å². The summed E-state index contributed by atoms with van der Waals surface area (Å²) in [4.78, 5) is 13.9. The number of halogens is 1. The van der Waals surface area contributed by atoms with Crippen LogP contribution in [0.15, 0.2) is 47.1 Å². The van der Waals surface area contributed by atoms with E-state index in [0.29, 0.717) is 22.1 Å². The first-order valence-electron chi connectivity index (χ1n) is 8.06. The van der Waals surface area contributed by atoms with Gasteiger partial charge >= 0.3 is 0 Å². The number of nitrogens with one attached hydrogen (secondary N) is 1. The summed E-state index contributed by atoms with van der Waals surface area (Å²) in [5.74, 6) is 0.668. The first-order valence-corrected chi connectivity index (χ1v) is 8.44. The lowest BCUT2D eigenvalue weighted by Crippen LogP contribution is -2.33. The predicted molar refractivity (Wildman–Crippen MR) is 95.1 cm³/mol. The normalized spacial score (nSPS) is 12.1. The van der Waals surface area contributed by atoms with Gasteiger partial charge in [-0.2, -0.15) is 9.90 Å². The van der Waals surface area contributed by atoms with E-state index in [-0.39, 0.29) is 11.9 Å². The van der Waals surface area contributed by atoms with Gasteiger partial charge < -0.3 is 9.73 Å². The molecule has 0 aliphatic carbocycles. The van der Waals surface area contributed by atoms with Gasteiger partial charge in [-0.3, -0.25) is 4.79 Å². The standard InChI is InChI=1S/C18H19ClN4O2/c1-12(8-9-16-7-4-10-25-16)20-18(24)17-13(2)21-23(22-17)15-6-3-5-14(19)11-15/h3-7,10-12H,8-9H2,1-2H3,(H,20,24). The van der Waals surface area contributed by atoms with Crippen molar-refractivity contribution in [3.8, 4) is 5.69 Å². The number of nitrogens with zero attached hydrogens (tertiary/aromatic N) is 3. The molecule has 1 aromatic carbocycles. The molecule has 2 heterocycles. The van der Waals surface area contributed by atoms with Crippen molar-refractivity contribution in [2.45, 2.75) is 32.7 Å². The molecule has 0 fully saturated rings. The number of hydrogen-bond donors (Lipinski definition) is 1. The van der Waals surface area contributed by atoms with Gasteiger partial charge in [-0.25, -0.2) is 0 Å². The van der Waals surface area contributed by atoms with Crippen LogP contribution in [0, 0.1) is 6.92 Å². The summed E-state index contributed by atoms with van der Waals surface area (Å²) in [6.45, 7) is 3.72. The number of carbonyl (C=O) groups is 1. The molecule has 0 radical (unpaired) electrons. The number of carbonyl (C=O) groups excluding carboxylic acids is 1. The first-order chi connectivity index (χ1) is 12.0. The molecule has 1 N–H and O–H groups in total. The minimum absolute atomic E-state index is 0.00619. The van der Waals surface area contributed by atoms with Crippen LogP contribution in [0.1, 0.15) is 35.3 Å². The summed E-state index contributed by atoms with van der Waals surface area (Å²) in [7, 11) is 0. The molecule has 3 aromatic rings. The molecule has 1 atom stereocenters. The van der Waals surface area contributed by atoms with Crippen molar-refractivity contribution in [1.29, 1.82) is 0 Å².